The Balaban J connectivity index is 2.27. The van der Waals surface area contributed by atoms with E-state index in [1.807, 2.05) is 23.9 Å². The van der Waals surface area contributed by atoms with Crippen molar-refractivity contribution in [3.8, 4) is 0 Å². The maximum absolute atomic E-state index is 5.97. The summed E-state index contributed by atoms with van der Waals surface area (Å²) in [4.78, 5) is 0. The third-order valence-corrected chi connectivity index (χ3v) is 4.04. The number of halogens is 1. The zero-order valence-corrected chi connectivity index (χ0v) is 13.3. The lowest BCUT2D eigenvalue weighted by atomic mass is 9.97. The first-order valence-electron chi connectivity index (χ1n) is 7.00. The standard InChI is InChI=1S/C16H22ClN3/c1-5-18-16(13-6-8-14(17)9-7-13)10-15-11(2)19-20(4)12(15)3/h6-9,16,18H,5,10H2,1-4H3. The van der Waals surface area contributed by atoms with Crippen LogP contribution < -0.4 is 5.32 Å². The molecule has 0 aliphatic rings. The fourth-order valence-corrected chi connectivity index (χ4v) is 2.69. The molecule has 2 aromatic rings. The van der Waals surface area contributed by atoms with Gasteiger partial charge in [0.2, 0.25) is 0 Å². The molecule has 1 heterocycles. The lowest BCUT2D eigenvalue weighted by molar-refractivity contribution is 0.547. The van der Waals surface area contributed by atoms with E-state index in [0.717, 1.165) is 23.7 Å². The molecule has 1 unspecified atom stereocenters. The summed E-state index contributed by atoms with van der Waals surface area (Å²) in [5.74, 6) is 0. The Bertz CT molecular complexity index is 572. The number of nitrogens with zero attached hydrogens (tertiary/aromatic N) is 2. The predicted molar refractivity (Wildman–Crippen MR) is 84.3 cm³/mol. The average molecular weight is 292 g/mol. The molecule has 20 heavy (non-hydrogen) atoms. The zero-order valence-electron chi connectivity index (χ0n) is 12.6. The van der Waals surface area contributed by atoms with Crippen LogP contribution in [0.25, 0.3) is 0 Å². The average Bonchev–Trinajstić information content (AvgIpc) is 2.65. The molecule has 0 fully saturated rings. The second-order valence-corrected chi connectivity index (χ2v) is 5.58. The molecule has 2 rings (SSSR count). The van der Waals surface area contributed by atoms with Crippen LogP contribution in [0.15, 0.2) is 24.3 Å². The quantitative estimate of drug-likeness (QED) is 0.912. The molecular weight excluding hydrogens is 270 g/mol. The van der Waals surface area contributed by atoms with E-state index in [9.17, 15) is 0 Å². The minimum atomic E-state index is 0.291. The first-order valence-corrected chi connectivity index (χ1v) is 7.38. The van der Waals surface area contributed by atoms with Gasteiger partial charge < -0.3 is 5.32 Å². The molecule has 3 nitrogen and oxygen atoms in total. The van der Waals surface area contributed by atoms with Crippen molar-refractivity contribution < 1.29 is 0 Å². The van der Waals surface area contributed by atoms with Crippen molar-refractivity contribution in [3.63, 3.8) is 0 Å². The van der Waals surface area contributed by atoms with Crippen molar-refractivity contribution in [1.29, 1.82) is 0 Å². The number of hydrogen-bond donors (Lipinski definition) is 1. The van der Waals surface area contributed by atoms with Crippen molar-refractivity contribution in [2.45, 2.75) is 33.2 Å². The number of hydrogen-bond acceptors (Lipinski definition) is 2. The molecule has 0 saturated heterocycles. The summed E-state index contributed by atoms with van der Waals surface area (Å²) < 4.78 is 1.95. The molecule has 0 bridgehead atoms. The number of benzene rings is 1. The minimum Gasteiger partial charge on any atom is -0.310 e. The molecule has 1 aromatic heterocycles. The number of rotatable bonds is 5. The minimum absolute atomic E-state index is 0.291. The highest BCUT2D eigenvalue weighted by molar-refractivity contribution is 6.30. The number of likely N-dealkylation sites (N-methyl/N-ethyl adjacent to an activating group) is 1. The van der Waals surface area contributed by atoms with Crippen LogP contribution >= 0.6 is 11.6 Å². The maximum atomic E-state index is 5.97. The number of aromatic nitrogens is 2. The van der Waals surface area contributed by atoms with Gasteiger partial charge in [-0.05, 0) is 50.1 Å². The molecule has 1 aromatic carbocycles. The van der Waals surface area contributed by atoms with E-state index >= 15 is 0 Å². The molecule has 0 saturated carbocycles. The molecule has 0 amide bonds. The molecule has 108 valence electrons. The van der Waals surface area contributed by atoms with E-state index in [1.165, 1.54) is 16.8 Å². The highest BCUT2D eigenvalue weighted by Gasteiger charge is 2.16. The summed E-state index contributed by atoms with van der Waals surface area (Å²) in [6.07, 6.45) is 0.945. The van der Waals surface area contributed by atoms with Crippen molar-refractivity contribution in [3.05, 3.63) is 51.8 Å². The first-order chi connectivity index (χ1) is 9.52. The number of aryl methyl sites for hydroxylation is 2. The summed E-state index contributed by atoms with van der Waals surface area (Å²) in [7, 11) is 2.00. The fraction of sp³-hybridized carbons (Fsp3) is 0.438. The van der Waals surface area contributed by atoms with E-state index in [4.69, 9.17) is 11.6 Å². The van der Waals surface area contributed by atoms with Crippen LogP contribution in [0.5, 0.6) is 0 Å². The summed E-state index contributed by atoms with van der Waals surface area (Å²) in [6, 6.07) is 8.38. The van der Waals surface area contributed by atoms with E-state index in [-0.39, 0.29) is 0 Å². The van der Waals surface area contributed by atoms with Gasteiger partial charge in [-0.25, -0.2) is 0 Å². The van der Waals surface area contributed by atoms with Gasteiger partial charge in [-0.15, -0.1) is 0 Å². The van der Waals surface area contributed by atoms with Gasteiger partial charge in [0.25, 0.3) is 0 Å². The summed E-state index contributed by atoms with van der Waals surface area (Å²) in [5.41, 5.74) is 4.94. The molecule has 0 spiro atoms. The SMILES string of the molecule is CCNC(Cc1c(C)nn(C)c1C)c1ccc(Cl)cc1. The lowest BCUT2D eigenvalue weighted by Crippen LogP contribution is -2.23. The van der Waals surface area contributed by atoms with Crippen LogP contribution in [-0.4, -0.2) is 16.3 Å². The molecule has 0 radical (unpaired) electrons. The Morgan fingerprint density at radius 2 is 1.90 bits per heavy atom. The predicted octanol–water partition coefficient (Wildman–Crippen LogP) is 3.58. The van der Waals surface area contributed by atoms with E-state index in [0.29, 0.717) is 6.04 Å². The van der Waals surface area contributed by atoms with Crippen LogP contribution in [-0.2, 0) is 13.5 Å². The van der Waals surface area contributed by atoms with Crippen LogP contribution in [0.1, 0.15) is 35.5 Å². The molecule has 1 atom stereocenters. The third kappa shape index (κ3) is 3.22. The third-order valence-electron chi connectivity index (χ3n) is 3.79. The maximum Gasteiger partial charge on any atom is 0.0629 e. The second-order valence-electron chi connectivity index (χ2n) is 5.14. The Morgan fingerprint density at radius 3 is 2.40 bits per heavy atom. The van der Waals surface area contributed by atoms with Gasteiger partial charge in [0, 0.05) is 23.8 Å². The fourth-order valence-electron chi connectivity index (χ4n) is 2.57. The number of nitrogens with one attached hydrogen (secondary N) is 1. The molecule has 4 heteroatoms. The van der Waals surface area contributed by atoms with Gasteiger partial charge in [-0.1, -0.05) is 30.7 Å². The topological polar surface area (TPSA) is 29.9 Å². The van der Waals surface area contributed by atoms with E-state index < -0.39 is 0 Å². The molecule has 0 aliphatic carbocycles. The molecule has 0 aliphatic heterocycles. The van der Waals surface area contributed by atoms with Crippen molar-refractivity contribution in [2.75, 3.05) is 6.54 Å². The van der Waals surface area contributed by atoms with Crippen molar-refractivity contribution >= 4 is 11.6 Å². The van der Waals surface area contributed by atoms with E-state index in [1.54, 1.807) is 0 Å². The Hall–Kier alpha value is -1.32. The highest BCUT2D eigenvalue weighted by atomic mass is 35.5. The Kier molecular flexibility index (Phi) is 4.84. The molecule has 1 N–H and O–H groups in total. The van der Waals surface area contributed by atoms with Crippen molar-refractivity contribution in [2.24, 2.45) is 7.05 Å². The Morgan fingerprint density at radius 1 is 1.25 bits per heavy atom. The highest BCUT2D eigenvalue weighted by Crippen LogP contribution is 2.23. The van der Waals surface area contributed by atoms with Crippen LogP contribution in [0.3, 0.4) is 0 Å². The summed E-state index contributed by atoms with van der Waals surface area (Å²) in [6.45, 7) is 7.27. The Labute approximate surface area is 126 Å². The monoisotopic (exact) mass is 291 g/mol. The van der Waals surface area contributed by atoms with E-state index in [2.05, 4.69) is 43.3 Å². The van der Waals surface area contributed by atoms with Gasteiger partial charge in [-0.3, -0.25) is 4.68 Å². The second kappa shape index (κ2) is 6.42. The van der Waals surface area contributed by atoms with Crippen LogP contribution in [0, 0.1) is 13.8 Å². The largest absolute Gasteiger partial charge is 0.310 e. The lowest BCUT2D eigenvalue weighted by Gasteiger charge is -2.19. The smallest absolute Gasteiger partial charge is 0.0629 e. The van der Waals surface area contributed by atoms with Gasteiger partial charge in [0.1, 0.15) is 0 Å². The normalized spacial score (nSPS) is 12.7. The molecular formula is C16H22ClN3. The zero-order chi connectivity index (χ0) is 14.7. The van der Waals surface area contributed by atoms with Gasteiger partial charge in [0.15, 0.2) is 0 Å². The van der Waals surface area contributed by atoms with Crippen LogP contribution in [0.4, 0.5) is 0 Å². The van der Waals surface area contributed by atoms with Gasteiger partial charge in [0.05, 0.1) is 5.69 Å². The van der Waals surface area contributed by atoms with Gasteiger partial charge >= 0.3 is 0 Å². The summed E-state index contributed by atoms with van der Waals surface area (Å²) >= 11 is 5.97. The van der Waals surface area contributed by atoms with Gasteiger partial charge in [-0.2, -0.15) is 5.10 Å². The van der Waals surface area contributed by atoms with Crippen LogP contribution in [0.2, 0.25) is 5.02 Å². The first kappa shape index (κ1) is 15.1. The summed E-state index contributed by atoms with van der Waals surface area (Å²) in [5, 5.41) is 8.83. The van der Waals surface area contributed by atoms with Crippen molar-refractivity contribution in [1.82, 2.24) is 15.1 Å².